The first-order valence-electron chi connectivity index (χ1n) is 8.81. The first-order valence-corrected chi connectivity index (χ1v) is 9.19. The van der Waals surface area contributed by atoms with Gasteiger partial charge in [0.05, 0.1) is 13.7 Å². The molecule has 0 aliphatic heterocycles. The Labute approximate surface area is 165 Å². The van der Waals surface area contributed by atoms with E-state index in [1.807, 2.05) is 31.2 Å². The van der Waals surface area contributed by atoms with E-state index in [0.29, 0.717) is 36.2 Å². The zero-order valence-corrected chi connectivity index (χ0v) is 16.3. The molecule has 2 aromatic rings. The van der Waals surface area contributed by atoms with E-state index < -0.39 is 0 Å². The zero-order valence-electron chi connectivity index (χ0n) is 15.6. The molecule has 0 aromatic heterocycles. The van der Waals surface area contributed by atoms with Crippen LogP contribution in [0.5, 0.6) is 5.75 Å². The molecule has 0 aliphatic rings. The Hall–Kier alpha value is -2.73. The van der Waals surface area contributed by atoms with Gasteiger partial charge in [0.25, 0.3) is 5.91 Å². The highest BCUT2D eigenvalue weighted by Gasteiger charge is 2.04. The highest BCUT2D eigenvalue weighted by molar-refractivity contribution is 6.30. The van der Waals surface area contributed by atoms with E-state index >= 15 is 0 Å². The van der Waals surface area contributed by atoms with E-state index in [-0.39, 0.29) is 5.91 Å². The number of ether oxygens (including phenoxy) is 1. The van der Waals surface area contributed by atoms with Gasteiger partial charge in [-0.15, -0.1) is 0 Å². The van der Waals surface area contributed by atoms with E-state index in [0.717, 1.165) is 17.9 Å². The minimum Gasteiger partial charge on any atom is -0.497 e. The molecule has 0 saturated heterocycles. The van der Waals surface area contributed by atoms with E-state index in [1.54, 1.807) is 31.4 Å². The van der Waals surface area contributed by atoms with Crippen molar-refractivity contribution in [2.75, 3.05) is 26.7 Å². The molecule has 0 heterocycles. The maximum Gasteiger partial charge on any atom is 0.251 e. The average molecular weight is 389 g/mol. The number of halogens is 1. The predicted octanol–water partition coefficient (Wildman–Crippen LogP) is 2.83. The molecule has 0 saturated carbocycles. The Kier molecular flexibility index (Phi) is 8.45. The highest BCUT2D eigenvalue weighted by Crippen LogP contribution is 2.13. The standard InChI is InChI=1S/C20H25ClN4O2/c1-3-22-20(25-14-15-5-4-6-18(13-15)27-2)24-12-11-23-19(26)16-7-9-17(21)10-8-16/h4-10,13H,3,11-12,14H2,1-2H3,(H,23,26)(H2,22,24,25). The third-order valence-corrected chi connectivity index (χ3v) is 3.96. The largest absolute Gasteiger partial charge is 0.497 e. The summed E-state index contributed by atoms with van der Waals surface area (Å²) < 4.78 is 5.23. The van der Waals surface area contributed by atoms with Gasteiger partial charge in [0, 0.05) is 30.2 Å². The Morgan fingerprint density at radius 1 is 1.07 bits per heavy atom. The van der Waals surface area contributed by atoms with Crippen molar-refractivity contribution in [3.63, 3.8) is 0 Å². The monoisotopic (exact) mass is 388 g/mol. The fraction of sp³-hybridized carbons (Fsp3) is 0.300. The Bertz CT molecular complexity index is 763. The van der Waals surface area contributed by atoms with Crippen molar-refractivity contribution in [3.05, 3.63) is 64.7 Å². The van der Waals surface area contributed by atoms with Crippen LogP contribution in [0.1, 0.15) is 22.8 Å². The molecule has 0 radical (unpaired) electrons. The molecule has 7 heteroatoms. The number of aliphatic imine (C=N–C) groups is 1. The lowest BCUT2D eigenvalue weighted by Gasteiger charge is -2.12. The minimum absolute atomic E-state index is 0.133. The SMILES string of the molecule is CCNC(=NCc1cccc(OC)c1)NCCNC(=O)c1ccc(Cl)cc1. The van der Waals surface area contributed by atoms with Crippen LogP contribution in [0.25, 0.3) is 0 Å². The summed E-state index contributed by atoms with van der Waals surface area (Å²) in [5, 5.41) is 9.86. The Morgan fingerprint density at radius 2 is 1.81 bits per heavy atom. The minimum atomic E-state index is -0.133. The first kappa shape index (κ1) is 20.6. The maximum absolute atomic E-state index is 12.1. The smallest absolute Gasteiger partial charge is 0.251 e. The van der Waals surface area contributed by atoms with Crippen molar-refractivity contribution < 1.29 is 9.53 Å². The van der Waals surface area contributed by atoms with E-state index in [1.165, 1.54) is 0 Å². The molecule has 0 spiro atoms. The lowest BCUT2D eigenvalue weighted by atomic mass is 10.2. The van der Waals surface area contributed by atoms with Crippen LogP contribution in [0, 0.1) is 0 Å². The van der Waals surface area contributed by atoms with Crippen LogP contribution in [0.15, 0.2) is 53.5 Å². The van der Waals surface area contributed by atoms with Crippen molar-refractivity contribution >= 4 is 23.5 Å². The third kappa shape index (κ3) is 7.19. The number of nitrogens with zero attached hydrogens (tertiary/aromatic N) is 1. The molecule has 0 unspecified atom stereocenters. The molecule has 0 bridgehead atoms. The summed E-state index contributed by atoms with van der Waals surface area (Å²) in [7, 11) is 1.65. The lowest BCUT2D eigenvalue weighted by molar-refractivity contribution is 0.0954. The molecule has 0 atom stereocenters. The van der Waals surface area contributed by atoms with Crippen molar-refractivity contribution in [1.82, 2.24) is 16.0 Å². The number of nitrogens with one attached hydrogen (secondary N) is 3. The van der Waals surface area contributed by atoms with Gasteiger partial charge in [0.15, 0.2) is 5.96 Å². The number of methoxy groups -OCH3 is 1. The van der Waals surface area contributed by atoms with Crippen LogP contribution in [0.2, 0.25) is 5.02 Å². The molecule has 0 fully saturated rings. The molecule has 2 rings (SSSR count). The van der Waals surface area contributed by atoms with Gasteiger partial charge in [-0.25, -0.2) is 4.99 Å². The molecule has 144 valence electrons. The normalized spacial score (nSPS) is 11.0. The van der Waals surface area contributed by atoms with Crippen LogP contribution in [-0.4, -0.2) is 38.6 Å². The number of amides is 1. The fourth-order valence-corrected chi connectivity index (χ4v) is 2.47. The summed E-state index contributed by atoms with van der Waals surface area (Å²) in [6, 6.07) is 14.6. The number of carbonyl (C=O) groups is 1. The van der Waals surface area contributed by atoms with Crippen LogP contribution in [0.4, 0.5) is 0 Å². The number of rotatable bonds is 8. The van der Waals surface area contributed by atoms with Crippen LogP contribution >= 0.6 is 11.6 Å². The van der Waals surface area contributed by atoms with Gasteiger partial charge in [0.2, 0.25) is 0 Å². The van der Waals surface area contributed by atoms with Gasteiger partial charge in [-0.2, -0.15) is 0 Å². The molecule has 2 aromatic carbocycles. The van der Waals surface area contributed by atoms with E-state index in [9.17, 15) is 4.79 Å². The summed E-state index contributed by atoms with van der Waals surface area (Å²) >= 11 is 5.83. The van der Waals surface area contributed by atoms with Crippen molar-refractivity contribution in [3.8, 4) is 5.75 Å². The fourth-order valence-electron chi connectivity index (χ4n) is 2.34. The van der Waals surface area contributed by atoms with Gasteiger partial charge >= 0.3 is 0 Å². The molecule has 0 aliphatic carbocycles. The number of hydrogen-bond acceptors (Lipinski definition) is 3. The van der Waals surface area contributed by atoms with E-state index in [2.05, 4.69) is 20.9 Å². The first-order chi connectivity index (χ1) is 13.1. The zero-order chi connectivity index (χ0) is 19.5. The Morgan fingerprint density at radius 3 is 2.52 bits per heavy atom. The molecule has 3 N–H and O–H groups in total. The van der Waals surface area contributed by atoms with Crippen molar-refractivity contribution in [1.29, 1.82) is 0 Å². The van der Waals surface area contributed by atoms with Crippen LogP contribution < -0.4 is 20.7 Å². The second-order valence-corrected chi connectivity index (χ2v) is 6.17. The molecule has 1 amide bonds. The van der Waals surface area contributed by atoms with Gasteiger partial charge < -0.3 is 20.7 Å². The van der Waals surface area contributed by atoms with Gasteiger partial charge in [0.1, 0.15) is 5.75 Å². The summed E-state index contributed by atoms with van der Waals surface area (Å²) in [5.41, 5.74) is 1.64. The topological polar surface area (TPSA) is 74.8 Å². The number of hydrogen-bond donors (Lipinski definition) is 3. The molecule has 27 heavy (non-hydrogen) atoms. The summed E-state index contributed by atoms with van der Waals surface area (Å²) in [5.74, 6) is 1.37. The third-order valence-electron chi connectivity index (χ3n) is 3.71. The maximum atomic E-state index is 12.1. The second kappa shape index (κ2) is 11.1. The lowest BCUT2D eigenvalue weighted by Crippen LogP contribution is -2.41. The number of carbonyl (C=O) groups excluding carboxylic acids is 1. The summed E-state index contributed by atoms with van der Waals surface area (Å²) in [6.45, 7) is 4.32. The van der Waals surface area contributed by atoms with Crippen molar-refractivity contribution in [2.24, 2.45) is 4.99 Å². The van der Waals surface area contributed by atoms with E-state index in [4.69, 9.17) is 16.3 Å². The molecule has 6 nitrogen and oxygen atoms in total. The predicted molar refractivity (Wildman–Crippen MR) is 110 cm³/mol. The number of benzene rings is 2. The molecular weight excluding hydrogens is 364 g/mol. The van der Waals surface area contributed by atoms with Gasteiger partial charge in [-0.1, -0.05) is 23.7 Å². The quantitative estimate of drug-likeness (QED) is 0.369. The highest BCUT2D eigenvalue weighted by atomic mass is 35.5. The number of guanidine groups is 1. The van der Waals surface area contributed by atoms with Gasteiger partial charge in [-0.3, -0.25) is 4.79 Å². The van der Waals surface area contributed by atoms with Crippen LogP contribution in [0.3, 0.4) is 0 Å². The average Bonchev–Trinajstić information content (AvgIpc) is 2.69. The van der Waals surface area contributed by atoms with Gasteiger partial charge in [-0.05, 0) is 48.9 Å². The summed E-state index contributed by atoms with van der Waals surface area (Å²) in [4.78, 5) is 16.6. The Balaban J connectivity index is 1.81. The van der Waals surface area contributed by atoms with Crippen molar-refractivity contribution in [2.45, 2.75) is 13.5 Å². The molecular formula is C20H25ClN4O2. The second-order valence-electron chi connectivity index (χ2n) is 5.74. The van der Waals surface area contributed by atoms with Crippen LogP contribution in [-0.2, 0) is 6.54 Å². The summed E-state index contributed by atoms with van der Waals surface area (Å²) in [6.07, 6.45) is 0.